The minimum absolute atomic E-state index is 0.0434. The highest BCUT2D eigenvalue weighted by Gasteiger charge is 2.25. The minimum atomic E-state index is -0.548. The maximum Gasteiger partial charge on any atom is 0.373 e. The summed E-state index contributed by atoms with van der Waals surface area (Å²) in [7, 11) is 0. The predicted octanol–water partition coefficient (Wildman–Crippen LogP) is 5.90. The van der Waals surface area contributed by atoms with Gasteiger partial charge in [-0.05, 0) is 54.8 Å². The Morgan fingerprint density at radius 2 is 1.81 bits per heavy atom. The summed E-state index contributed by atoms with van der Waals surface area (Å²) >= 11 is 0. The van der Waals surface area contributed by atoms with Gasteiger partial charge in [-0.1, -0.05) is 32.0 Å². The molecule has 0 fully saturated rings. The van der Waals surface area contributed by atoms with Crippen molar-refractivity contribution < 1.29 is 9.66 Å². The van der Waals surface area contributed by atoms with Crippen LogP contribution in [0.5, 0.6) is 11.6 Å². The van der Waals surface area contributed by atoms with Crippen molar-refractivity contribution in [1.82, 2.24) is 15.0 Å². The first-order valence-corrected chi connectivity index (χ1v) is 9.83. The van der Waals surface area contributed by atoms with E-state index in [2.05, 4.69) is 34.1 Å². The summed E-state index contributed by atoms with van der Waals surface area (Å²) in [4.78, 5) is 23.9. The molecule has 2 heterocycles. The lowest BCUT2D eigenvalue weighted by Gasteiger charge is -2.12. The Balaban J connectivity index is 1.70. The van der Waals surface area contributed by atoms with E-state index in [1.54, 1.807) is 12.1 Å². The van der Waals surface area contributed by atoms with Gasteiger partial charge in [0.05, 0.1) is 10.4 Å². The summed E-state index contributed by atoms with van der Waals surface area (Å²) in [5.41, 5.74) is 3.12. The van der Waals surface area contributed by atoms with E-state index in [1.807, 2.05) is 49.4 Å². The first kappa shape index (κ1) is 20.2. The fourth-order valence-corrected chi connectivity index (χ4v) is 3.22. The SMILES string of the molecule is Cc1ccc2c(Nc3ncnc(Oc4ccc(C(C)C)cc4)c3[N+](=O)[O-])cccc2n1. The Morgan fingerprint density at radius 1 is 1.03 bits per heavy atom. The largest absolute Gasteiger partial charge is 0.434 e. The van der Waals surface area contributed by atoms with E-state index in [0.29, 0.717) is 17.4 Å². The zero-order chi connectivity index (χ0) is 22.0. The van der Waals surface area contributed by atoms with Crippen molar-refractivity contribution in [3.05, 3.63) is 82.3 Å². The highest BCUT2D eigenvalue weighted by atomic mass is 16.6. The summed E-state index contributed by atoms with van der Waals surface area (Å²) in [6, 6.07) is 16.7. The lowest BCUT2D eigenvalue weighted by molar-refractivity contribution is -0.385. The molecule has 4 rings (SSSR count). The molecule has 0 atom stereocenters. The van der Waals surface area contributed by atoms with Gasteiger partial charge in [-0.3, -0.25) is 15.1 Å². The molecule has 8 heteroatoms. The third-order valence-electron chi connectivity index (χ3n) is 4.86. The molecule has 0 saturated carbocycles. The van der Waals surface area contributed by atoms with E-state index >= 15 is 0 Å². The van der Waals surface area contributed by atoms with Crippen LogP contribution in [0.15, 0.2) is 60.9 Å². The predicted molar refractivity (Wildman–Crippen MR) is 119 cm³/mol. The fraction of sp³-hybridized carbons (Fsp3) is 0.174. The molecule has 4 aromatic rings. The van der Waals surface area contributed by atoms with Gasteiger partial charge in [0.2, 0.25) is 5.82 Å². The number of hydrogen-bond donors (Lipinski definition) is 1. The number of fused-ring (bicyclic) bond motifs is 1. The lowest BCUT2D eigenvalue weighted by Crippen LogP contribution is -2.04. The van der Waals surface area contributed by atoms with Gasteiger partial charge in [-0.15, -0.1) is 0 Å². The standard InChI is InChI=1S/C23H21N5O3/c1-14(2)16-8-10-17(11-9-16)31-23-21(28(29)30)22(24-13-25-23)27-20-6-4-5-19-18(20)12-7-15(3)26-19/h4-14H,1-3H3,(H,24,25,27). The molecule has 0 aliphatic rings. The molecular formula is C23H21N5O3. The van der Waals surface area contributed by atoms with Crippen molar-refractivity contribution >= 4 is 28.1 Å². The number of ether oxygens (including phenoxy) is 1. The number of rotatable bonds is 6. The number of aromatic nitrogens is 3. The van der Waals surface area contributed by atoms with Crippen molar-refractivity contribution in [3.63, 3.8) is 0 Å². The Bertz CT molecular complexity index is 1260. The number of nitrogens with one attached hydrogen (secondary N) is 1. The second-order valence-electron chi connectivity index (χ2n) is 7.41. The number of benzene rings is 2. The van der Waals surface area contributed by atoms with Crippen LogP contribution in [0, 0.1) is 17.0 Å². The molecular weight excluding hydrogens is 394 g/mol. The fourth-order valence-electron chi connectivity index (χ4n) is 3.22. The molecule has 0 bridgehead atoms. The van der Waals surface area contributed by atoms with E-state index < -0.39 is 4.92 Å². The molecule has 0 amide bonds. The molecule has 0 radical (unpaired) electrons. The molecule has 8 nitrogen and oxygen atoms in total. The van der Waals surface area contributed by atoms with E-state index in [1.165, 1.54) is 6.33 Å². The van der Waals surface area contributed by atoms with Crippen LogP contribution < -0.4 is 10.1 Å². The van der Waals surface area contributed by atoms with Crippen LogP contribution in [0.4, 0.5) is 17.2 Å². The summed E-state index contributed by atoms with van der Waals surface area (Å²) in [6.45, 7) is 6.09. The molecule has 0 spiro atoms. The summed E-state index contributed by atoms with van der Waals surface area (Å²) in [5, 5.41) is 15.7. The number of pyridine rings is 1. The van der Waals surface area contributed by atoms with Crippen molar-refractivity contribution in [3.8, 4) is 11.6 Å². The van der Waals surface area contributed by atoms with Gasteiger partial charge < -0.3 is 10.1 Å². The van der Waals surface area contributed by atoms with E-state index in [9.17, 15) is 10.1 Å². The van der Waals surface area contributed by atoms with Gasteiger partial charge in [0, 0.05) is 16.8 Å². The normalized spacial score (nSPS) is 11.0. The first-order chi connectivity index (χ1) is 14.9. The van der Waals surface area contributed by atoms with Crippen molar-refractivity contribution in [2.24, 2.45) is 0 Å². The van der Waals surface area contributed by atoms with Gasteiger partial charge in [0.25, 0.3) is 0 Å². The van der Waals surface area contributed by atoms with Crippen LogP contribution in [-0.2, 0) is 0 Å². The second-order valence-corrected chi connectivity index (χ2v) is 7.41. The average Bonchev–Trinajstić information content (AvgIpc) is 2.74. The highest BCUT2D eigenvalue weighted by molar-refractivity contribution is 5.93. The quantitative estimate of drug-likeness (QED) is 0.309. The van der Waals surface area contributed by atoms with E-state index in [0.717, 1.165) is 22.2 Å². The molecule has 156 valence electrons. The first-order valence-electron chi connectivity index (χ1n) is 9.83. The smallest absolute Gasteiger partial charge is 0.373 e. The maximum atomic E-state index is 11.9. The molecule has 0 saturated heterocycles. The molecule has 31 heavy (non-hydrogen) atoms. The Morgan fingerprint density at radius 3 is 2.52 bits per heavy atom. The Kier molecular flexibility index (Phi) is 5.44. The monoisotopic (exact) mass is 415 g/mol. The molecule has 0 unspecified atom stereocenters. The van der Waals surface area contributed by atoms with Crippen LogP contribution in [-0.4, -0.2) is 19.9 Å². The third kappa shape index (κ3) is 4.28. The van der Waals surface area contributed by atoms with Crippen molar-refractivity contribution in [2.75, 3.05) is 5.32 Å². The summed E-state index contributed by atoms with van der Waals surface area (Å²) < 4.78 is 5.74. The van der Waals surface area contributed by atoms with Crippen LogP contribution in [0.25, 0.3) is 10.9 Å². The molecule has 1 N–H and O–H groups in total. The average molecular weight is 415 g/mol. The molecule has 0 aliphatic heterocycles. The number of hydrogen-bond acceptors (Lipinski definition) is 7. The zero-order valence-corrected chi connectivity index (χ0v) is 17.4. The highest BCUT2D eigenvalue weighted by Crippen LogP contribution is 2.36. The van der Waals surface area contributed by atoms with Gasteiger partial charge in [-0.25, -0.2) is 4.98 Å². The molecule has 0 aliphatic carbocycles. The van der Waals surface area contributed by atoms with E-state index in [-0.39, 0.29) is 17.4 Å². The van der Waals surface area contributed by atoms with Crippen LogP contribution >= 0.6 is 0 Å². The zero-order valence-electron chi connectivity index (χ0n) is 17.4. The summed E-state index contributed by atoms with van der Waals surface area (Å²) in [6.07, 6.45) is 1.24. The van der Waals surface area contributed by atoms with Crippen LogP contribution in [0.2, 0.25) is 0 Å². The van der Waals surface area contributed by atoms with E-state index in [4.69, 9.17) is 4.74 Å². The van der Waals surface area contributed by atoms with Crippen molar-refractivity contribution in [2.45, 2.75) is 26.7 Å². The van der Waals surface area contributed by atoms with Gasteiger partial charge in [0.15, 0.2) is 0 Å². The summed E-state index contributed by atoms with van der Waals surface area (Å²) in [5.74, 6) is 0.745. The number of anilines is 2. The Labute approximate surface area is 179 Å². The molecule has 2 aromatic carbocycles. The van der Waals surface area contributed by atoms with Crippen LogP contribution in [0.1, 0.15) is 31.0 Å². The van der Waals surface area contributed by atoms with Crippen LogP contribution in [0.3, 0.4) is 0 Å². The second kappa shape index (κ2) is 8.35. The van der Waals surface area contributed by atoms with Gasteiger partial charge >= 0.3 is 11.6 Å². The topological polar surface area (TPSA) is 103 Å². The minimum Gasteiger partial charge on any atom is -0.434 e. The third-order valence-corrected chi connectivity index (χ3v) is 4.86. The number of nitrogens with zero attached hydrogens (tertiary/aromatic N) is 4. The lowest BCUT2D eigenvalue weighted by atomic mass is 10.0. The number of nitro groups is 1. The number of aryl methyl sites for hydroxylation is 1. The van der Waals surface area contributed by atoms with Gasteiger partial charge in [-0.2, -0.15) is 4.98 Å². The van der Waals surface area contributed by atoms with Gasteiger partial charge in [0.1, 0.15) is 12.1 Å². The molecule has 2 aromatic heterocycles. The Hall–Kier alpha value is -4.07. The maximum absolute atomic E-state index is 11.9. The van der Waals surface area contributed by atoms with Crippen molar-refractivity contribution in [1.29, 1.82) is 0 Å².